The SMILES string of the molecule is N#Cc1ccc(CCN2CCCC2CN2c3ccccc3COc3ccccc32)cc1. The Morgan fingerprint density at radius 2 is 1.71 bits per heavy atom. The van der Waals surface area contributed by atoms with Crippen LogP contribution >= 0.6 is 0 Å². The number of para-hydroxylation sites is 3. The van der Waals surface area contributed by atoms with E-state index in [1.807, 2.05) is 18.2 Å². The highest BCUT2D eigenvalue weighted by Gasteiger charge is 2.29. The van der Waals surface area contributed by atoms with E-state index in [0.717, 1.165) is 43.1 Å². The Labute approximate surface area is 184 Å². The van der Waals surface area contributed by atoms with E-state index >= 15 is 0 Å². The lowest BCUT2D eigenvalue weighted by atomic mass is 10.1. The summed E-state index contributed by atoms with van der Waals surface area (Å²) in [5.74, 6) is 0.959. The maximum Gasteiger partial charge on any atom is 0.143 e. The molecule has 3 aromatic rings. The molecule has 2 heterocycles. The fraction of sp³-hybridized carbons (Fsp3) is 0.296. The molecular formula is C27H27N3O. The summed E-state index contributed by atoms with van der Waals surface area (Å²) in [6, 6.07) is 27.7. The Bertz CT molecular complexity index is 1040. The average molecular weight is 410 g/mol. The molecule has 3 aromatic carbocycles. The summed E-state index contributed by atoms with van der Waals surface area (Å²) in [5.41, 5.74) is 5.67. The van der Waals surface area contributed by atoms with E-state index in [1.165, 1.54) is 29.7 Å². The molecule has 4 heteroatoms. The first-order chi connectivity index (χ1) is 15.3. The highest BCUT2D eigenvalue weighted by Crippen LogP contribution is 2.40. The van der Waals surface area contributed by atoms with Gasteiger partial charge in [-0.15, -0.1) is 0 Å². The third-order valence-corrected chi connectivity index (χ3v) is 6.48. The molecule has 5 rings (SSSR count). The van der Waals surface area contributed by atoms with Crippen molar-refractivity contribution in [1.82, 2.24) is 4.90 Å². The van der Waals surface area contributed by atoms with Gasteiger partial charge in [0.2, 0.25) is 0 Å². The molecule has 0 saturated carbocycles. The van der Waals surface area contributed by atoms with Crippen molar-refractivity contribution in [3.63, 3.8) is 0 Å². The maximum atomic E-state index is 9.01. The van der Waals surface area contributed by atoms with Crippen LogP contribution in [0.1, 0.15) is 29.5 Å². The Kier molecular flexibility index (Phi) is 5.60. The lowest BCUT2D eigenvalue weighted by molar-refractivity contribution is 0.261. The van der Waals surface area contributed by atoms with Gasteiger partial charge in [0, 0.05) is 30.4 Å². The highest BCUT2D eigenvalue weighted by atomic mass is 16.5. The van der Waals surface area contributed by atoms with E-state index in [9.17, 15) is 0 Å². The van der Waals surface area contributed by atoms with Crippen LogP contribution in [0.15, 0.2) is 72.8 Å². The van der Waals surface area contributed by atoms with E-state index in [2.05, 4.69) is 70.5 Å². The van der Waals surface area contributed by atoms with E-state index in [0.29, 0.717) is 12.6 Å². The summed E-state index contributed by atoms with van der Waals surface area (Å²) in [6.45, 7) is 3.76. The topological polar surface area (TPSA) is 39.5 Å². The summed E-state index contributed by atoms with van der Waals surface area (Å²) < 4.78 is 6.14. The molecule has 1 saturated heterocycles. The van der Waals surface area contributed by atoms with Crippen LogP contribution in [0.25, 0.3) is 0 Å². The van der Waals surface area contributed by atoms with E-state index in [4.69, 9.17) is 10.00 Å². The molecule has 0 aliphatic carbocycles. The monoisotopic (exact) mass is 409 g/mol. The molecule has 0 aromatic heterocycles. The first kappa shape index (κ1) is 19.7. The van der Waals surface area contributed by atoms with Gasteiger partial charge in [0.15, 0.2) is 0 Å². The minimum Gasteiger partial charge on any atom is -0.487 e. The molecule has 1 unspecified atom stereocenters. The third kappa shape index (κ3) is 4.15. The number of hydrogen-bond donors (Lipinski definition) is 0. The third-order valence-electron chi connectivity index (χ3n) is 6.48. The van der Waals surface area contributed by atoms with Crippen LogP contribution in [-0.4, -0.2) is 30.6 Å². The quantitative estimate of drug-likeness (QED) is 0.574. The normalized spacial score (nSPS) is 17.9. The molecule has 31 heavy (non-hydrogen) atoms. The van der Waals surface area contributed by atoms with Crippen molar-refractivity contribution >= 4 is 11.4 Å². The van der Waals surface area contributed by atoms with Gasteiger partial charge in [-0.25, -0.2) is 0 Å². The molecule has 0 spiro atoms. The van der Waals surface area contributed by atoms with Gasteiger partial charge in [0.1, 0.15) is 12.4 Å². The molecular weight excluding hydrogens is 382 g/mol. The fourth-order valence-electron chi connectivity index (χ4n) is 4.81. The van der Waals surface area contributed by atoms with Gasteiger partial charge in [-0.05, 0) is 61.7 Å². The zero-order valence-corrected chi connectivity index (χ0v) is 17.7. The molecule has 4 nitrogen and oxygen atoms in total. The molecule has 0 radical (unpaired) electrons. The number of hydrogen-bond acceptors (Lipinski definition) is 4. The summed E-state index contributed by atoms with van der Waals surface area (Å²) in [7, 11) is 0. The molecule has 2 aliphatic rings. The zero-order chi connectivity index (χ0) is 21.0. The lowest BCUT2D eigenvalue weighted by Gasteiger charge is -2.32. The molecule has 156 valence electrons. The Hall–Kier alpha value is -3.29. The molecule has 2 aliphatic heterocycles. The first-order valence-corrected chi connectivity index (χ1v) is 11.1. The van der Waals surface area contributed by atoms with Crippen LogP contribution in [-0.2, 0) is 13.0 Å². The largest absolute Gasteiger partial charge is 0.487 e. The predicted molar refractivity (Wildman–Crippen MR) is 124 cm³/mol. The predicted octanol–water partition coefficient (Wildman–Crippen LogP) is 5.30. The average Bonchev–Trinajstić information content (AvgIpc) is 3.21. The number of nitriles is 1. The van der Waals surface area contributed by atoms with Crippen LogP contribution in [0, 0.1) is 11.3 Å². The fourth-order valence-corrected chi connectivity index (χ4v) is 4.81. The first-order valence-electron chi connectivity index (χ1n) is 11.1. The minimum atomic E-state index is 0.512. The lowest BCUT2D eigenvalue weighted by Crippen LogP contribution is -2.39. The smallest absolute Gasteiger partial charge is 0.143 e. The number of fused-ring (bicyclic) bond motifs is 2. The summed E-state index contributed by atoms with van der Waals surface area (Å²) in [6.07, 6.45) is 3.47. The van der Waals surface area contributed by atoms with E-state index in [-0.39, 0.29) is 0 Å². The van der Waals surface area contributed by atoms with E-state index in [1.54, 1.807) is 0 Å². The highest BCUT2D eigenvalue weighted by molar-refractivity contribution is 5.72. The van der Waals surface area contributed by atoms with Crippen molar-refractivity contribution < 1.29 is 4.74 Å². The van der Waals surface area contributed by atoms with Crippen LogP contribution in [0.5, 0.6) is 5.75 Å². The van der Waals surface area contributed by atoms with Crippen molar-refractivity contribution in [2.45, 2.75) is 31.9 Å². The second kappa shape index (κ2) is 8.83. The maximum absolute atomic E-state index is 9.01. The standard InChI is InChI=1S/C27H27N3O/c28-18-22-13-11-21(12-14-22)15-17-29-16-5-7-24(29)19-30-25-8-2-1-6-23(25)20-31-27-10-4-3-9-26(27)30/h1-4,6,8-14,24H,5,7,15-17,19-20H2. The second-order valence-corrected chi connectivity index (χ2v) is 8.39. The van der Waals surface area contributed by atoms with Gasteiger partial charge < -0.3 is 9.64 Å². The van der Waals surface area contributed by atoms with Crippen molar-refractivity contribution in [3.05, 3.63) is 89.5 Å². The van der Waals surface area contributed by atoms with E-state index < -0.39 is 0 Å². The van der Waals surface area contributed by atoms with Crippen LogP contribution in [0.3, 0.4) is 0 Å². The second-order valence-electron chi connectivity index (χ2n) is 8.39. The number of anilines is 2. The Morgan fingerprint density at radius 1 is 0.935 bits per heavy atom. The molecule has 1 fully saturated rings. The van der Waals surface area contributed by atoms with Crippen LogP contribution in [0.2, 0.25) is 0 Å². The Morgan fingerprint density at radius 3 is 2.55 bits per heavy atom. The van der Waals surface area contributed by atoms with Crippen molar-refractivity contribution in [2.75, 3.05) is 24.5 Å². The number of likely N-dealkylation sites (tertiary alicyclic amines) is 1. The minimum absolute atomic E-state index is 0.512. The number of nitrogens with zero attached hydrogens (tertiary/aromatic N) is 3. The number of ether oxygens (including phenoxy) is 1. The summed E-state index contributed by atoms with van der Waals surface area (Å²) >= 11 is 0. The number of rotatable bonds is 5. The summed E-state index contributed by atoms with van der Waals surface area (Å²) in [4.78, 5) is 5.09. The molecule has 1 atom stereocenters. The van der Waals surface area contributed by atoms with Crippen molar-refractivity contribution in [1.29, 1.82) is 5.26 Å². The van der Waals surface area contributed by atoms with Gasteiger partial charge in [-0.2, -0.15) is 5.26 Å². The Balaban J connectivity index is 1.35. The van der Waals surface area contributed by atoms with Crippen LogP contribution < -0.4 is 9.64 Å². The van der Waals surface area contributed by atoms with Gasteiger partial charge in [0.05, 0.1) is 17.3 Å². The van der Waals surface area contributed by atoms with Gasteiger partial charge in [-0.3, -0.25) is 4.90 Å². The van der Waals surface area contributed by atoms with Crippen LogP contribution in [0.4, 0.5) is 11.4 Å². The summed E-state index contributed by atoms with van der Waals surface area (Å²) in [5, 5.41) is 9.01. The van der Waals surface area contributed by atoms with Gasteiger partial charge >= 0.3 is 0 Å². The van der Waals surface area contributed by atoms with Crippen molar-refractivity contribution in [3.8, 4) is 11.8 Å². The molecule has 0 N–H and O–H groups in total. The number of benzene rings is 3. The van der Waals surface area contributed by atoms with Gasteiger partial charge in [0.25, 0.3) is 0 Å². The van der Waals surface area contributed by atoms with Gasteiger partial charge in [-0.1, -0.05) is 42.5 Å². The molecule has 0 amide bonds. The zero-order valence-electron chi connectivity index (χ0n) is 17.7. The van der Waals surface area contributed by atoms with Crippen molar-refractivity contribution in [2.24, 2.45) is 0 Å². The molecule has 0 bridgehead atoms.